The monoisotopic (exact) mass is 397 g/mol. The molecule has 3 aromatic rings. The number of nitrogens with zero attached hydrogens (tertiary/aromatic N) is 3. The highest BCUT2D eigenvalue weighted by Gasteiger charge is 2.16. The number of pyridine rings is 1. The van der Waals surface area contributed by atoms with Crippen LogP contribution in [0.5, 0.6) is 11.9 Å². The van der Waals surface area contributed by atoms with Gasteiger partial charge in [0, 0.05) is 18.2 Å². The Labute approximate surface area is 171 Å². The Morgan fingerprint density at radius 3 is 2.48 bits per heavy atom. The van der Waals surface area contributed by atoms with Gasteiger partial charge in [0.15, 0.2) is 5.82 Å². The van der Waals surface area contributed by atoms with Crippen molar-refractivity contribution in [3.8, 4) is 11.9 Å². The number of ether oxygens (including phenoxy) is 1. The van der Waals surface area contributed by atoms with E-state index in [9.17, 15) is 5.11 Å². The predicted octanol–water partition coefficient (Wildman–Crippen LogP) is 3.83. The molecule has 0 spiro atoms. The molecule has 0 unspecified atom stereocenters. The number of nitrogen functional groups attached to an aromatic ring is 1. The van der Waals surface area contributed by atoms with Crippen LogP contribution < -0.4 is 15.8 Å². The summed E-state index contributed by atoms with van der Waals surface area (Å²) >= 11 is 0. The van der Waals surface area contributed by atoms with Gasteiger partial charge in [-0.3, -0.25) is 4.57 Å². The summed E-state index contributed by atoms with van der Waals surface area (Å²) < 4.78 is 7.42. The van der Waals surface area contributed by atoms with Gasteiger partial charge in [-0.05, 0) is 38.3 Å². The van der Waals surface area contributed by atoms with Gasteiger partial charge in [0.1, 0.15) is 5.52 Å². The number of benzene rings is 1. The van der Waals surface area contributed by atoms with Gasteiger partial charge in [-0.15, -0.1) is 0 Å². The maximum Gasteiger partial charge on any atom is 0.295 e. The van der Waals surface area contributed by atoms with E-state index in [1.807, 2.05) is 0 Å². The van der Waals surface area contributed by atoms with Gasteiger partial charge < -0.3 is 20.9 Å². The molecule has 0 atom stereocenters. The third kappa shape index (κ3) is 5.38. The summed E-state index contributed by atoms with van der Waals surface area (Å²) in [5, 5.41) is 13.9. The van der Waals surface area contributed by atoms with Crippen LogP contribution >= 0.6 is 0 Å². The first-order chi connectivity index (χ1) is 13.8. The lowest BCUT2D eigenvalue weighted by Gasteiger charge is -2.20. The van der Waals surface area contributed by atoms with Crippen molar-refractivity contribution < 1.29 is 9.84 Å². The van der Waals surface area contributed by atoms with Gasteiger partial charge in [-0.1, -0.05) is 37.6 Å². The second kappa shape index (κ2) is 8.69. The summed E-state index contributed by atoms with van der Waals surface area (Å²) in [5.41, 5.74) is 9.58. The Bertz CT molecular complexity index is 958. The minimum Gasteiger partial charge on any atom is -0.480 e. The minimum absolute atomic E-state index is 0.0745. The first-order valence-electron chi connectivity index (χ1n) is 10.1. The average molecular weight is 398 g/mol. The van der Waals surface area contributed by atoms with E-state index in [1.54, 1.807) is 10.6 Å². The highest BCUT2D eigenvalue weighted by Crippen LogP contribution is 2.28. The number of aromatic nitrogens is 3. The topological polar surface area (TPSA) is 98.2 Å². The van der Waals surface area contributed by atoms with E-state index < -0.39 is 0 Å². The van der Waals surface area contributed by atoms with E-state index in [-0.39, 0.29) is 17.4 Å². The fraction of sp³-hybridized carbons (Fsp3) is 0.455. The largest absolute Gasteiger partial charge is 0.480 e. The van der Waals surface area contributed by atoms with E-state index in [0.717, 1.165) is 24.9 Å². The lowest BCUT2D eigenvalue weighted by molar-refractivity contribution is 0.298. The molecule has 2 heterocycles. The third-order valence-corrected chi connectivity index (χ3v) is 4.65. The molecular formula is C22H31N5O2. The SMILES string of the molecule is CCCCOc1cc2c(nc(O)n2Cc2ccc(CNC(C)(C)C)cc2)c(N)n1. The molecule has 7 heteroatoms. The lowest BCUT2D eigenvalue weighted by Crippen LogP contribution is -2.35. The van der Waals surface area contributed by atoms with Crippen LogP contribution in [0.1, 0.15) is 51.7 Å². The summed E-state index contributed by atoms with van der Waals surface area (Å²) in [6, 6.07) is 10.0. The van der Waals surface area contributed by atoms with Gasteiger partial charge in [-0.2, -0.15) is 9.97 Å². The molecule has 1 aromatic carbocycles. The highest BCUT2D eigenvalue weighted by atomic mass is 16.5. The normalized spacial score (nSPS) is 11.9. The zero-order valence-electron chi connectivity index (χ0n) is 17.7. The number of nitrogens with two attached hydrogens (primary N) is 1. The van der Waals surface area contributed by atoms with Crippen molar-refractivity contribution in [3.05, 3.63) is 41.5 Å². The second-order valence-corrected chi connectivity index (χ2v) is 8.33. The Morgan fingerprint density at radius 2 is 1.83 bits per heavy atom. The summed E-state index contributed by atoms with van der Waals surface area (Å²) in [6.45, 7) is 10.4. The second-order valence-electron chi connectivity index (χ2n) is 8.33. The van der Waals surface area contributed by atoms with Crippen LogP contribution in [0.4, 0.5) is 5.82 Å². The Hall–Kier alpha value is -2.80. The molecule has 0 amide bonds. The average Bonchev–Trinajstić information content (AvgIpc) is 2.97. The number of nitrogens with one attached hydrogen (secondary N) is 1. The smallest absolute Gasteiger partial charge is 0.295 e. The molecule has 7 nitrogen and oxygen atoms in total. The summed E-state index contributed by atoms with van der Waals surface area (Å²) in [4.78, 5) is 8.43. The standard InChI is InChI=1S/C22H31N5O2/c1-5-6-11-29-18-12-17-19(20(23)25-18)26-21(28)27(17)14-16-9-7-15(8-10-16)13-24-22(2,3)4/h7-10,12,24H,5-6,11,13-14H2,1-4H3,(H2,23,25)(H,26,28). The van der Waals surface area contributed by atoms with Crippen molar-refractivity contribution in [2.45, 2.75) is 59.2 Å². The van der Waals surface area contributed by atoms with Crippen molar-refractivity contribution in [3.63, 3.8) is 0 Å². The van der Waals surface area contributed by atoms with Crippen LogP contribution in [0.2, 0.25) is 0 Å². The number of fused-ring (bicyclic) bond motifs is 1. The number of hydrogen-bond donors (Lipinski definition) is 3. The van der Waals surface area contributed by atoms with Crippen LogP contribution in [0.15, 0.2) is 30.3 Å². The summed E-state index contributed by atoms with van der Waals surface area (Å²) in [5.74, 6) is 0.708. The molecule has 0 saturated carbocycles. The zero-order valence-corrected chi connectivity index (χ0v) is 17.7. The van der Waals surface area contributed by atoms with Crippen molar-refractivity contribution in [2.75, 3.05) is 12.3 Å². The molecule has 4 N–H and O–H groups in total. The maximum absolute atomic E-state index is 10.4. The Balaban J connectivity index is 1.81. The molecule has 0 bridgehead atoms. The van der Waals surface area contributed by atoms with Gasteiger partial charge in [0.05, 0.1) is 18.7 Å². The van der Waals surface area contributed by atoms with Gasteiger partial charge in [-0.25, -0.2) is 0 Å². The van der Waals surface area contributed by atoms with Crippen molar-refractivity contribution >= 4 is 16.9 Å². The number of anilines is 1. The van der Waals surface area contributed by atoms with E-state index in [0.29, 0.717) is 30.1 Å². The number of rotatable bonds is 8. The fourth-order valence-corrected chi connectivity index (χ4v) is 2.97. The van der Waals surface area contributed by atoms with E-state index in [2.05, 4.69) is 67.2 Å². The molecule has 0 aliphatic heterocycles. The fourth-order valence-electron chi connectivity index (χ4n) is 2.97. The molecular weight excluding hydrogens is 366 g/mol. The van der Waals surface area contributed by atoms with Crippen LogP contribution in [-0.4, -0.2) is 31.8 Å². The van der Waals surface area contributed by atoms with Crippen molar-refractivity contribution in [1.82, 2.24) is 19.9 Å². The predicted molar refractivity (Wildman–Crippen MR) is 116 cm³/mol. The number of imidazole rings is 1. The van der Waals surface area contributed by atoms with Crippen LogP contribution in [0.3, 0.4) is 0 Å². The first kappa shape index (κ1) is 20.9. The van der Waals surface area contributed by atoms with Crippen LogP contribution in [0.25, 0.3) is 11.0 Å². The number of unbranched alkanes of at least 4 members (excludes halogenated alkanes) is 1. The van der Waals surface area contributed by atoms with Crippen LogP contribution in [0, 0.1) is 0 Å². The van der Waals surface area contributed by atoms with Gasteiger partial charge >= 0.3 is 0 Å². The zero-order chi connectivity index (χ0) is 21.0. The molecule has 3 rings (SSSR count). The molecule has 0 aliphatic rings. The molecule has 0 saturated heterocycles. The first-order valence-corrected chi connectivity index (χ1v) is 10.1. The Morgan fingerprint density at radius 1 is 1.14 bits per heavy atom. The molecule has 2 aromatic heterocycles. The van der Waals surface area contributed by atoms with Gasteiger partial charge in [0.2, 0.25) is 5.88 Å². The molecule has 156 valence electrons. The lowest BCUT2D eigenvalue weighted by atomic mass is 10.1. The number of hydrogen-bond acceptors (Lipinski definition) is 6. The maximum atomic E-state index is 10.4. The van der Waals surface area contributed by atoms with Crippen molar-refractivity contribution in [2.24, 2.45) is 0 Å². The molecule has 0 fully saturated rings. The summed E-state index contributed by atoms with van der Waals surface area (Å²) in [6.07, 6.45) is 1.98. The highest BCUT2D eigenvalue weighted by molar-refractivity contribution is 5.87. The molecule has 0 radical (unpaired) electrons. The third-order valence-electron chi connectivity index (χ3n) is 4.65. The minimum atomic E-state index is -0.0855. The molecule has 29 heavy (non-hydrogen) atoms. The Kier molecular flexibility index (Phi) is 6.27. The van der Waals surface area contributed by atoms with Gasteiger partial charge in [0.25, 0.3) is 6.01 Å². The quantitative estimate of drug-likeness (QED) is 0.500. The van der Waals surface area contributed by atoms with E-state index in [1.165, 1.54) is 5.56 Å². The molecule has 0 aliphatic carbocycles. The number of aromatic hydroxyl groups is 1. The van der Waals surface area contributed by atoms with Crippen molar-refractivity contribution in [1.29, 1.82) is 0 Å². The van der Waals surface area contributed by atoms with E-state index in [4.69, 9.17) is 10.5 Å². The van der Waals surface area contributed by atoms with Crippen LogP contribution in [-0.2, 0) is 13.1 Å². The van der Waals surface area contributed by atoms with E-state index >= 15 is 0 Å². The summed E-state index contributed by atoms with van der Waals surface area (Å²) in [7, 11) is 0.